The van der Waals surface area contributed by atoms with Gasteiger partial charge in [0, 0.05) is 11.6 Å². The van der Waals surface area contributed by atoms with Gasteiger partial charge in [0.25, 0.3) is 5.91 Å². The van der Waals surface area contributed by atoms with Gasteiger partial charge in [-0.05, 0) is 42.0 Å². The molecule has 0 fully saturated rings. The molecule has 0 unspecified atom stereocenters. The van der Waals surface area contributed by atoms with Crippen molar-refractivity contribution in [2.45, 2.75) is 0 Å². The van der Waals surface area contributed by atoms with Gasteiger partial charge < -0.3 is 19.9 Å². The lowest BCUT2D eigenvalue weighted by Crippen LogP contribution is -2.17. The summed E-state index contributed by atoms with van der Waals surface area (Å²) in [7, 11) is 1.56. The van der Waals surface area contributed by atoms with Crippen molar-refractivity contribution in [3.63, 3.8) is 0 Å². The average Bonchev–Trinajstić information content (AvgIpc) is 2.71. The summed E-state index contributed by atoms with van der Waals surface area (Å²) in [6.07, 6.45) is 3.24. The summed E-state index contributed by atoms with van der Waals surface area (Å²) in [6.45, 7) is 0.185. The first-order valence-corrected chi connectivity index (χ1v) is 8.28. The standard InChI is InChI=1S/C21H16N2O5/c1-27-16-7-6-14-8-13(12-28-19(14)10-16)9-15(11-22)20(24)23-18-5-3-2-4-17(18)21(25)26/h2-10H,12H2,1H3,(H,23,24)(H,25,26)/b15-9+. The van der Waals surface area contributed by atoms with Gasteiger partial charge in [-0.1, -0.05) is 12.1 Å². The van der Waals surface area contributed by atoms with Crippen LogP contribution in [0.5, 0.6) is 11.5 Å². The number of carboxylic acid groups (broad SMARTS) is 1. The van der Waals surface area contributed by atoms with E-state index in [2.05, 4.69) is 5.32 Å². The maximum Gasteiger partial charge on any atom is 0.337 e. The Bertz CT molecular complexity index is 1050. The number of benzene rings is 2. The van der Waals surface area contributed by atoms with E-state index in [4.69, 9.17) is 9.47 Å². The van der Waals surface area contributed by atoms with Gasteiger partial charge in [-0.15, -0.1) is 0 Å². The number of hydrogen-bond acceptors (Lipinski definition) is 5. The number of ether oxygens (including phenoxy) is 2. The van der Waals surface area contributed by atoms with Crippen LogP contribution in [0.1, 0.15) is 15.9 Å². The second kappa shape index (κ2) is 8.10. The molecule has 28 heavy (non-hydrogen) atoms. The predicted molar refractivity (Wildman–Crippen MR) is 102 cm³/mol. The van der Waals surface area contributed by atoms with Gasteiger partial charge in [-0.3, -0.25) is 4.79 Å². The second-order valence-electron chi connectivity index (χ2n) is 5.89. The third kappa shape index (κ3) is 4.02. The van der Waals surface area contributed by atoms with Gasteiger partial charge >= 0.3 is 5.97 Å². The van der Waals surface area contributed by atoms with Crippen molar-refractivity contribution in [3.8, 4) is 17.6 Å². The van der Waals surface area contributed by atoms with Gasteiger partial charge in [0.05, 0.1) is 18.4 Å². The van der Waals surface area contributed by atoms with Crippen LogP contribution in [0.2, 0.25) is 0 Å². The number of amides is 1. The molecule has 2 N–H and O–H groups in total. The lowest BCUT2D eigenvalue weighted by atomic mass is 10.0. The minimum Gasteiger partial charge on any atom is -0.497 e. The highest BCUT2D eigenvalue weighted by atomic mass is 16.5. The zero-order valence-corrected chi connectivity index (χ0v) is 14.9. The van der Waals surface area contributed by atoms with Crippen LogP contribution in [0, 0.1) is 11.3 Å². The molecule has 2 aromatic rings. The first kappa shape index (κ1) is 18.7. The van der Waals surface area contributed by atoms with Crippen LogP contribution in [-0.4, -0.2) is 30.7 Å². The third-order valence-corrected chi connectivity index (χ3v) is 4.06. The zero-order chi connectivity index (χ0) is 20.1. The van der Waals surface area contributed by atoms with Crippen LogP contribution in [0.3, 0.4) is 0 Å². The number of aromatic carboxylic acids is 1. The summed E-state index contributed by atoms with van der Waals surface area (Å²) in [6, 6.07) is 13.2. The van der Waals surface area contributed by atoms with E-state index in [9.17, 15) is 20.0 Å². The van der Waals surface area contributed by atoms with Crippen LogP contribution in [0.25, 0.3) is 6.08 Å². The Balaban J connectivity index is 1.84. The van der Waals surface area contributed by atoms with Crippen LogP contribution in [0.4, 0.5) is 5.69 Å². The largest absolute Gasteiger partial charge is 0.497 e. The lowest BCUT2D eigenvalue weighted by Gasteiger charge is -2.17. The molecule has 7 heteroatoms. The van der Waals surface area contributed by atoms with E-state index in [0.29, 0.717) is 17.1 Å². The fourth-order valence-corrected chi connectivity index (χ4v) is 2.67. The van der Waals surface area contributed by atoms with Crippen molar-refractivity contribution in [2.75, 3.05) is 19.0 Å². The molecule has 7 nitrogen and oxygen atoms in total. The number of nitriles is 1. The number of rotatable bonds is 5. The number of carbonyl (C=O) groups is 2. The van der Waals surface area contributed by atoms with Crippen LogP contribution >= 0.6 is 0 Å². The molecular formula is C21H16N2O5. The van der Waals surface area contributed by atoms with Gasteiger partial charge in [0.1, 0.15) is 29.7 Å². The SMILES string of the molecule is COc1ccc2c(c1)OCC(/C=C(\C#N)C(=O)Nc1ccccc1C(=O)O)=C2. The molecule has 0 radical (unpaired) electrons. The monoisotopic (exact) mass is 376 g/mol. The first-order valence-electron chi connectivity index (χ1n) is 8.28. The molecule has 0 aliphatic carbocycles. The number of methoxy groups -OCH3 is 1. The lowest BCUT2D eigenvalue weighted by molar-refractivity contribution is -0.112. The fraction of sp³-hybridized carbons (Fsp3) is 0.0952. The molecule has 1 aliphatic rings. The van der Waals surface area contributed by atoms with Gasteiger partial charge in [-0.2, -0.15) is 5.26 Å². The van der Waals surface area contributed by atoms with Crippen molar-refractivity contribution in [1.29, 1.82) is 5.26 Å². The summed E-state index contributed by atoms with van der Waals surface area (Å²) in [5.74, 6) is -0.554. The van der Waals surface area contributed by atoms with E-state index < -0.39 is 11.9 Å². The Morgan fingerprint density at radius 1 is 1.29 bits per heavy atom. The number of nitrogens with one attached hydrogen (secondary N) is 1. The van der Waals surface area contributed by atoms with Crippen molar-refractivity contribution < 1.29 is 24.2 Å². The molecule has 1 aliphatic heterocycles. The minimum atomic E-state index is -1.17. The molecule has 140 valence electrons. The molecule has 1 amide bonds. The smallest absolute Gasteiger partial charge is 0.337 e. The number of carboxylic acids is 1. The molecule has 0 aromatic heterocycles. The molecule has 0 atom stereocenters. The number of carbonyl (C=O) groups excluding carboxylic acids is 1. The number of anilines is 1. The predicted octanol–water partition coefficient (Wildman–Crippen LogP) is 3.26. The summed E-state index contributed by atoms with van der Waals surface area (Å²) in [5, 5.41) is 21.0. The minimum absolute atomic E-state index is 0.0590. The van der Waals surface area contributed by atoms with E-state index in [0.717, 1.165) is 5.56 Å². The summed E-state index contributed by atoms with van der Waals surface area (Å²) in [5.41, 5.74) is 1.33. The topological polar surface area (TPSA) is 109 Å². The Labute approximate surface area is 161 Å². The van der Waals surface area contributed by atoms with E-state index in [1.807, 2.05) is 18.2 Å². The third-order valence-electron chi connectivity index (χ3n) is 4.06. The van der Waals surface area contributed by atoms with E-state index in [1.165, 1.54) is 18.2 Å². The van der Waals surface area contributed by atoms with E-state index >= 15 is 0 Å². The zero-order valence-electron chi connectivity index (χ0n) is 14.9. The van der Waals surface area contributed by atoms with E-state index in [1.54, 1.807) is 31.4 Å². The van der Waals surface area contributed by atoms with Crippen molar-refractivity contribution >= 4 is 23.6 Å². The van der Waals surface area contributed by atoms with Gasteiger partial charge in [0.2, 0.25) is 0 Å². The summed E-state index contributed by atoms with van der Waals surface area (Å²) >= 11 is 0. The molecule has 0 saturated heterocycles. The summed E-state index contributed by atoms with van der Waals surface area (Å²) < 4.78 is 10.8. The van der Waals surface area contributed by atoms with Crippen LogP contribution in [0.15, 0.2) is 59.7 Å². The van der Waals surface area contributed by atoms with Crippen molar-refractivity contribution in [3.05, 3.63) is 70.8 Å². The van der Waals surface area contributed by atoms with Crippen molar-refractivity contribution in [1.82, 2.24) is 0 Å². The molecule has 2 aromatic carbocycles. The molecular weight excluding hydrogens is 360 g/mol. The molecule has 0 saturated carbocycles. The highest BCUT2D eigenvalue weighted by molar-refractivity contribution is 6.09. The first-order chi connectivity index (χ1) is 13.5. The molecule has 1 heterocycles. The Hall–Kier alpha value is -4.05. The van der Waals surface area contributed by atoms with E-state index in [-0.39, 0.29) is 23.4 Å². The second-order valence-corrected chi connectivity index (χ2v) is 5.89. The van der Waals surface area contributed by atoms with Gasteiger partial charge in [0.15, 0.2) is 0 Å². The number of hydrogen-bond donors (Lipinski definition) is 2. The highest BCUT2D eigenvalue weighted by Gasteiger charge is 2.17. The quantitative estimate of drug-likeness (QED) is 0.612. The number of nitrogens with zero attached hydrogens (tertiary/aromatic N) is 1. The van der Waals surface area contributed by atoms with Crippen LogP contribution in [-0.2, 0) is 4.79 Å². The normalized spacial score (nSPS) is 12.7. The van der Waals surface area contributed by atoms with Gasteiger partial charge in [-0.25, -0.2) is 4.79 Å². The molecule has 0 spiro atoms. The average molecular weight is 376 g/mol. The van der Waals surface area contributed by atoms with Crippen molar-refractivity contribution in [2.24, 2.45) is 0 Å². The molecule has 0 bridgehead atoms. The number of para-hydroxylation sites is 1. The fourth-order valence-electron chi connectivity index (χ4n) is 2.67. The Morgan fingerprint density at radius 3 is 2.79 bits per heavy atom. The molecule has 3 rings (SSSR count). The Kier molecular flexibility index (Phi) is 5.42. The maximum absolute atomic E-state index is 12.4. The van der Waals surface area contributed by atoms with Crippen LogP contribution < -0.4 is 14.8 Å². The maximum atomic E-state index is 12.4. The highest BCUT2D eigenvalue weighted by Crippen LogP contribution is 2.30. The number of fused-ring (bicyclic) bond motifs is 1. The Morgan fingerprint density at radius 2 is 2.07 bits per heavy atom. The summed E-state index contributed by atoms with van der Waals surface area (Å²) in [4.78, 5) is 23.7.